The molecule has 0 aliphatic carbocycles. The normalized spacial score (nSPS) is 11.7. The van der Waals surface area contributed by atoms with Gasteiger partial charge in [0, 0.05) is 12.3 Å². The number of carbonyl (C=O) groups excluding carboxylic acids is 1. The van der Waals surface area contributed by atoms with Crippen LogP contribution in [0.3, 0.4) is 0 Å². The lowest BCUT2D eigenvalue weighted by atomic mass is 10.2. The highest BCUT2D eigenvalue weighted by Gasteiger charge is 2.12. The highest BCUT2D eigenvalue weighted by Crippen LogP contribution is 2.18. The predicted octanol–water partition coefficient (Wildman–Crippen LogP) is 4.02. The number of benzene rings is 2. The molecule has 2 aromatic rings. The van der Waals surface area contributed by atoms with Gasteiger partial charge in [0.15, 0.2) is 0 Å². The van der Waals surface area contributed by atoms with Crippen molar-refractivity contribution in [1.82, 2.24) is 5.32 Å². The third-order valence-electron chi connectivity index (χ3n) is 3.41. The average molecular weight is 329 g/mol. The molecular weight excluding hydrogens is 306 g/mol. The standard InChI is InChI=1S/C19H23NO2S/c1-3-22-18-11-9-16(10-12-18)13-20-19(21)15(2)23-14-17-7-5-4-6-8-17/h4-12,15H,3,13-14H2,1-2H3,(H,20,21). The Balaban J connectivity index is 1.75. The molecule has 0 spiro atoms. The van der Waals surface area contributed by atoms with Crippen LogP contribution in [0.5, 0.6) is 5.75 Å². The predicted molar refractivity (Wildman–Crippen MR) is 96.7 cm³/mol. The summed E-state index contributed by atoms with van der Waals surface area (Å²) in [6.45, 7) is 5.11. The molecule has 0 bridgehead atoms. The molecule has 4 heteroatoms. The summed E-state index contributed by atoms with van der Waals surface area (Å²) in [4.78, 5) is 12.2. The smallest absolute Gasteiger partial charge is 0.233 e. The van der Waals surface area contributed by atoms with E-state index in [1.165, 1.54) is 5.56 Å². The number of rotatable bonds is 8. The first kappa shape index (κ1) is 17.4. The zero-order valence-electron chi connectivity index (χ0n) is 13.6. The highest BCUT2D eigenvalue weighted by molar-refractivity contribution is 7.99. The van der Waals surface area contributed by atoms with Gasteiger partial charge in [-0.1, -0.05) is 42.5 Å². The zero-order chi connectivity index (χ0) is 16.5. The molecule has 0 aliphatic rings. The van der Waals surface area contributed by atoms with E-state index in [1.54, 1.807) is 11.8 Å². The van der Waals surface area contributed by atoms with Gasteiger partial charge in [-0.25, -0.2) is 0 Å². The minimum atomic E-state index is -0.0714. The van der Waals surface area contributed by atoms with E-state index in [0.717, 1.165) is 17.1 Å². The van der Waals surface area contributed by atoms with Gasteiger partial charge in [0.05, 0.1) is 11.9 Å². The lowest BCUT2D eigenvalue weighted by Crippen LogP contribution is -2.30. The summed E-state index contributed by atoms with van der Waals surface area (Å²) in [7, 11) is 0. The van der Waals surface area contributed by atoms with Crippen molar-refractivity contribution in [1.29, 1.82) is 0 Å². The Morgan fingerprint density at radius 2 is 1.78 bits per heavy atom. The summed E-state index contributed by atoms with van der Waals surface area (Å²) in [6.07, 6.45) is 0. The molecule has 0 aromatic heterocycles. The van der Waals surface area contributed by atoms with Gasteiger partial charge in [0.1, 0.15) is 5.75 Å². The van der Waals surface area contributed by atoms with Crippen molar-refractivity contribution in [3.05, 3.63) is 65.7 Å². The number of carbonyl (C=O) groups is 1. The Hall–Kier alpha value is -1.94. The number of amides is 1. The second kappa shape index (κ2) is 9.26. The molecular formula is C19H23NO2S. The molecule has 122 valence electrons. The van der Waals surface area contributed by atoms with E-state index in [2.05, 4.69) is 17.4 Å². The third kappa shape index (κ3) is 5.99. The van der Waals surface area contributed by atoms with Gasteiger partial charge in [-0.15, -0.1) is 11.8 Å². The van der Waals surface area contributed by atoms with E-state index in [1.807, 2.05) is 56.3 Å². The molecule has 0 aliphatic heterocycles. The fraction of sp³-hybridized carbons (Fsp3) is 0.316. The third-order valence-corrected chi connectivity index (χ3v) is 4.63. The van der Waals surface area contributed by atoms with Crippen LogP contribution in [0.1, 0.15) is 25.0 Å². The Bertz CT molecular complexity index is 599. The highest BCUT2D eigenvalue weighted by atomic mass is 32.2. The monoisotopic (exact) mass is 329 g/mol. The van der Waals surface area contributed by atoms with Crippen molar-refractivity contribution in [3.8, 4) is 5.75 Å². The Labute approximate surface area is 142 Å². The summed E-state index contributed by atoms with van der Waals surface area (Å²) in [5, 5.41) is 2.91. The van der Waals surface area contributed by atoms with E-state index in [4.69, 9.17) is 4.74 Å². The molecule has 23 heavy (non-hydrogen) atoms. The number of thioether (sulfide) groups is 1. The molecule has 0 radical (unpaired) electrons. The van der Waals surface area contributed by atoms with Crippen LogP contribution in [0, 0.1) is 0 Å². The Kier molecular flexibility index (Phi) is 7.01. The van der Waals surface area contributed by atoms with Gasteiger partial charge >= 0.3 is 0 Å². The van der Waals surface area contributed by atoms with Gasteiger partial charge in [-0.2, -0.15) is 0 Å². The van der Waals surface area contributed by atoms with Gasteiger partial charge in [-0.3, -0.25) is 4.79 Å². The van der Waals surface area contributed by atoms with Crippen molar-refractivity contribution in [2.24, 2.45) is 0 Å². The van der Waals surface area contributed by atoms with Crippen LogP contribution in [0.4, 0.5) is 0 Å². The van der Waals surface area contributed by atoms with E-state index in [9.17, 15) is 4.79 Å². The van der Waals surface area contributed by atoms with Gasteiger partial charge in [0.25, 0.3) is 0 Å². The molecule has 0 heterocycles. The fourth-order valence-corrected chi connectivity index (χ4v) is 2.94. The minimum Gasteiger partial charge on any atom is -0.494 e. The maximum atomic E-state index is 12.2. The molecule has 1 N–H and O–H groups in total. The van der Waals surface area contributed by atoms with Gasteiger partial charge in [0.2, 0.25) is 5.91 Å². The van der Waals surface area contributed by atoms with Crippen molar-refractivity contribution in [3.63, 3.8) is 0 Å². The molecule has 1 amide bonds. The number of ether oxygens (including phenoxy) is 1. The fourth-order valence-electron chi connectivity index (χ4n) is 2.07. The summed E-state index contributed by atoms with van der Waals surface area (Å²) in [5.41, 5.74) is 2.31. The first-order valence-electron chi connectivity index (χ1n) is 7.84. The quantitative estimate of drug-likeness (QED) is 0.795. The molecule has 1 atom stereocenters. The lowest BCUT2D eigenvalue weighted by molar-refractivity contribution is -0.120. The first-order valence-corrected chi connectivity index (χ1v) is 8.89. The van der Waals surface area contributed by atoms with Gasteiger partial charge < -0.3 is 10.1 Å². The van der Waals surface area contributed by atoms with E-state index < -0.39 is 0 Å². The van der Waals surface area contributed by atoms with Crippen molar-refractivity contribution < 1.29 is 9.53 Å². The Morgan fingerprint density at radius 3 is 2.43 bits per heavy atom. The largest absolute Gasteiger partial charge is 0.494 e. The van der Waals surface area contributed by atoms with Crippen molar-refractivity contribution in [2.45, 2.75) is 31.4 Å². The van der Waals surface area contributed by atoms with Gasteiger partial charge in [-0.05, 0) is 37.1 Å². The molecule has 2 aromatic carbocycles. The second-order valence-electron chi connectivity index (χ2n) is 5.23. The van der Waals surface area contributed by atoms with Crippen LogP contribution < -0.4 is 10.1 Å². The van der Waals surface area contributed by atoms with Crippen LogP contribution in [0.15, 0.2) is 54.6 Å². The zero-order valence-corrected chi connectivity index (χ0v) is 14.4. The molecule has 2 rings (SSSR count). The second-order valence-corrected chi connectivity index (χ2v) is 6.56. The topological polar surface area (TPSA) is 38.3 Å². The Morgan fingerprint density at radius 1 is 1.09 bits per heavy atom. The van der Waals surface area contributed by atoms with E-state index in [-0.39, 0.29) is 11.2 Å². The van der Waals surface area contributed by atoms with E-state index in [0.29, 0.717) is 13.2 Å². The van der Waals surface area contributed by atoms with Crippen LogP contribution in [-0.2, 0) is 17.1 Å². The molecule has 0 saturated heterocycles. The molecule has 0 fully saturated rings. The minimum absolute atomic E-state index is 0.0693. The number of nitrogens with one attached hydrogen (secondary N) is 1. The first-order chi connectivity index (χ1) is 11.2. The van der Waals surface area contributed by atoms with Crippen LogP contribution in [0.2, 0.25) is 0 Å². The SMILES string of the molecule is CCOc1ccc(CNC(=O)C(C)SCc2ccccc2)cc1. The van der Waals surface area contributed by atoms with E-state index >= 15 is 0 Å². The van der Waals surface area contributed by atoms with Crippen LogP contribution in [-0.4, -0.2) is 17.8 Å². The number of hydrogen-bond acceptors (Lipinski definition) is 3. The van der Waals surface area contributed by atoms with Crippen LogP contribution in [0.25, 0.3) is 0 Å². The summed E-state index contributed by atoms with van der Waals surface area (Å²) in [5.74, 6) is 1.77. The summed E-state index contributed by atoms with van der Waals surface area (Å²) >= 11 is 1.65. The molecule has 1 unspecified atom stereocenters. The maximum Gasteiger partial charge on any atom is 0.233 e. The van der Waals surface area contributed by atoms with Crippen LogP contribution >= 0.6 is 11.8 Å². The maximum absolute atomic E-state index is 12.2. The van der Waals surface area contributed by atoms with Crippen molar-refractivity contribution in [2.75, 3.05) is 6.61 Å². The van der Waals surface area contributed by atoms with Crippen molar-refractivity contribution >= 4 is 17.7 Å². The number of hydrogen-bond donors (Lipinski definition) is 1. The molecule has 3 nitrogen and oxygen atoms in total. The average Bonchev–Trinajstić information content (AvgIpc) is 2.60. The summed E-state index contributed by atoms with van der Waals surface area (Å²) < 4.78 is 5.41. The summed E-state index contributed by atoms with van der Waals surface area (Å²) in [6, 6.07) is 18.0. The lowest BCUT2D eigenvalue weighted by Gasteiger charge is -2.12. The molecule has 0 saturated carbocycles.